The highest BCUT2D eigenvalue weighted by atomic mass is 31.2. The Kier molecular flexibility index (Phi) is 33.1. The molecular weight excluding hydrogens is 661 g/mol. The molecule has 0 heterocycles. The third-order valence-corrected chi connectivity index (χ3v) is 9.46. The molecule has 0 aliphatic rings. The number of esters is 2. The normalized spacial score (nSPS) is 14.0. The maximum absolute atomic E-state index is 12.6. The van der Waals surface area contributed by atoms with Crippen LogP contribution in [0.3, 0.4) is 0 Å². The molecule has 4 N–H and O–H groups in total. The van der Waals surface area contributed by atoms with Crippen LogP contribution in [0.2, 0.25) is 0 Å². The van der Waals surface area contributed by atoms with E-state index in [2.05, 4.69) is 30.5 Å². The van der Waals surface area contributed by atoms with E-state index >= 15 is 0 Å². The van der Waals surface area contributed by atoms with Crippen molar-refractivity contribution in [1.29, 1.82) is 0 Å². The van der Waals surface area contributed by atoms with E-state index in [1.807, 2.05) is 0 Å². The number of ether oxygens (including phenoxy) is 2. The van der Waals surface area contributed by atoms with Crippen LogP contribution < -0.4 is 5.73 Å². The van der Waals surface area contributed by atoms with Gasteiger partial charge in [0.2, 0.25) is 0 Å². The van der Waals surface area contributed by atoms with Gasteiger partial charge in [0.15, 0.2) is 6.10 Å². The zero-order valence-electron chi connectivity index (χ0n) is 31.5. The number of unbranched alkanes of at least 4 members (excludes halogenated alkanes) is 21. The highest BCUT2D eigenvalue weighted by Gasteiger charge is 2.28. The summed E-state index contributed by atoms with van der Waals surface area (Å²) in [6.45, 7) is 2.77. The van der Waals surface area contributed by atoms with Crippen molar-refractivity contribution < 1.29 is 47.5 Å². The van der Waals surface area contributed by atoms with Gasteiger partial charge in [0.05, 0.1) is 13.2 Å². The average Bonchev–Trinajstić information content (AvgIpc) is 3.09. The molecule has 3 atom stereocenters. The zero-order chi connectivity index (χ0) is 37.1. The van der Waals surface area contributed by atoms with Crippen LogP contribution in [0.1, 0.15) is 181 Å². The second kappa shape index (κ2) is 34.3. The molecular formula is C38H72NO10P. The maximum Gasteiger partial charge on any atom is 0.472 e. The first-order valence-corrected chi connectivity index (χ1v) is 21.2. The molecule has 11 nitrogen and oxygen atoms in total. The topological polar surface area (TPSA) is 172 Å². The van der Waals surface area contributed by atoms with E-state index in [1.165, 1.54) is 83.5 Å². The van der Waals surface area contributed by atoms with Gasteiger partial charge in [-0.3, -0.25) is 23.4 Å². The van der Waals surface area contributed by atoms with Gasteiger partial charge in [0.1, 0.15) is 12.6 Å². The lowest BCUT2D eigenvalue weighted by Crippen LogP contribution is -2.34. The number of phosphoric acid groups is 1. The molecule has 0 rings (SSSR count). The lowest BCUT2D eigenvalue weighted by molar-refractivity contribution is -0.161. The van der Waals surface area contributed by atoms with Crippen molar-refractivity contribution in [3.05, 3.63) is 12.2 Å². The van der Waals surface area contributed by atoms with Gasteiger partial charge in [0, 0.05) is 12.8 Å². The van der Waals surface area contributed by atoms with Gasteiger partial charge in [-0.15, -0.1) is 0 Å². The average molecular weight is 734 g/mol. The molecule has 0 aromatic carbocycles. The van der Waals surface area contributed by atoms with Crippen LogP contribution >= 0.6 is 7.82 Å². The number of hydrogen-bond donors (Lipinski definition) is 3. The van der Waals surface area contributed by atoms with E-state index in [4.69, 9.17) is 24.8 Å². The first kappa shape index (κ1) is 48.2. The highest BCUT2D eigenvalue weighted by Crippen LogP contribution is 2.43. The van der Waals surface area contributed by atoms with Gasteiger partial charge in [-0.05, 0) is 38.5 Å². The van der Waals surface area contributed by atoms with Crippen LogP contribution in [-0.2, 0) is 37.5 Å². The van der Waals surface area contributed by atoms with E-state index in [1.54, 1.807) is 0 Å². The fraction of sp³-hybridized carbons (Fsp3) is 0.868. The van der Waals surface area contributed by atoms with Gasteiger partial charge >= 0.3 is 25.7 Å². The van der Waals surface area contributed by atoms with Crippen LogP contribution in [0, 0.1) is 0 Å². The minimum Gasteiger partial charge on any atom is -0.480 e. The van der Waals surface area contributed by atoms with Crippen molar-refractivity contribution in [2.45, 2.75) is 193 Å². The summed E-state index contributed by atoms with van der Waals surface area (Å²) in [7, 11) is -4.71. The van der Waals surface area contributed by atoms with Crippen molar-refractivity contribution >= 4 is 25.7 Å². The number of carboxylic acid groups (broad SMARTS) is 1. The largest absolute Gasteiger partial charge is 0.480 e. The molecule has 0 aromatic rings. The van der Waals surface area contributed by atoms with Gasteiger partial charge < -0.3 is 25.2 Å². The maximum atomic E-state index is 12.6. The standard InChI is InChI=1S/C38H72NO10P/c1-3-5-7-9-11-13-15-16-17-18-20-22-24-26-28-30-37(41)49-34(32-47-50(44,45)48-33-35(39)38(42)43)31-46-36(40)29-27-25-23-21-19-14-12-10-8-6-4-2/h16-17,34-35H,3-15,18-33,39H2,1-2H3,(H,42,43)(H,44,45)/b17-16-/t34-,35+/m1/s1. The quantitative estimate of drug-likeness (QED) is 0.0240. The number of hydrogen-bond acceptors (Lipinski definition) is 9. The Morgan fingerprint density at radius 2 is 1.00 bits per heavy atom. The Labute approximate surface area is 303 Å². The van der Waals surface area contributed by atoms with Crippen LogP contribution in [0.15, 0.2) is 12.2 Å². The summed E-state index contributed by atoms with van der Waals surface area (Å²) in [5.41, 5.74) is 5.31. The number of carboxylic acids is 1. The molecule has 50 heavy (non-hydrogen) atoms. The molecule has 0 bridgehead atoms. The fourth-order valence-corrected chi connectivity index (χ4v) is 6.13. The highest BCUT2D eigenvalue weighted by molar-refractivity contribution is 7.47. The molecule has 0 fully saturated rings. The van der Waals surface area contributed by atoms with Crippen molar-refractivity contribution in [3.63, 3.8) is 0 Å². The first-order chi connectivity index (χ1) is 24.1. The number of allylic oxidation sites excluding steroid dienone is 2. The van der Waals surface area contributed by atoms with Gasteiger partial charge in [0.25, 0.3) is 0 Å². The summed E-state index contributed by atoms with van der Waals surface area (Å²) in [6, 6.07) is -1.52. The van der Waals surface area contributed by atoms with Gasteiger partial charge in [-0.25, -0.2) is 4.57 Å². The van der Waals surface area contributed by atoms with Crippen molar-refractivity contribution in [2.24, 2.45) is 5.73 Å². The smallest absolute Gasteiger partial charge is 0.472 e. The summed E-state index contributed by atoms with van der Waals surface area (Å²) >= 11 is 0. The molecule has 0 saturated carbocycles. The monoisotopic (exact) mass is 733 g/mol. The second-order valence-electron chi connectivity index (χ2n) is 13.4. The Bertz CT molecular complexity index is 916. The van der Waals surface area contributed by atoms with Crippen molar-refractivity contribution in [1.82, 2.24) is 0 Å². The zero-order valence-corrected chi connectivity index (χ0v) is 32.4. The Hall–Kier alpha value is -1.78. The second-order valence-corrected chi connectivity index (χ2v) is 14.9. The van der Waals surface area contributed by atoms with Gasteiger partial charge in [-0.2, -0.15) is 0 Å². The summed E-state index contributed by atoms with van der Waals surface area (Å²) in [5, 5.41) is 8.86. The lowest BCUT2D eigenvalue weighted by atomic mass is 10.1. The summed E-state index contributed by atoms with van der Waals surface area (Å²) in [6.07, 6.45) is 31.4. The molecule has 1 unspecified atom stereocenters. The fourth-order valence-electron chi connectivity index (χ4n) is 5.35. The lowest BCUT2D eigenvalue weighted by Gasteiger charge is -2.20. The molecule has 0 spiro atoms. The van der Waals surface area contributed by atoms with E-state index in [-0.39, 0.29) is 19.4 Å². The van der Waals surface area contributed by atoms with E-state index in [0.29, 0.717) is 12.8 Å². The molecule has 0 aliphatic carbocycles. The van der Waals surface area contributed by atoms with Gasteiger partial charge in [-0.1, -0.05) is 142 Å². The Morgan fingerprint density at radius 3 is 1.46 bits per heavy atom. The van der Waals surface area contributed by atoms with Crippen LogP contribution in [-0.4, -0.2) is 59.9 Å². The minimum atomic E-state index is -4.71. The molecule has 12 heteroatoms. The Balaban J connectivity index is 4.42. The van der Waals surface area contributed by atoms with Crippen LogP contribution in [0.25, 0.3) is 0 Å². The van der Waals surface area contributed by atoms with Crippen molar-refractivity contribution in [2.75, 3.05) is 19.8 Å². The molecule has 294 valence electrons. The predicted molar refractivity (Wildman–Crippen MR) is 199 cm³/mol. The minimum absolute atomic E-state index is 0.155. The molecule has 0 aliphatic heterocycles. The number of rotatable bonds is 37. The van der Waals surface area contributed by atoms with Crippen LogP contribution in [0.5, 0.6) is 0 Å². The summed E-state index contributed by atoms with van der Waals surface area (Å²) in [5.74, 6) is -2.38. The number of carbonyl (C=O) groups excluding carboxylic acids is 2. The van der Waals surface area contributed by atoms with Crippen LogP contribution in [0.4, 0.5) is 0 Å². The predicted octanol–water partition coefficient (Wildman–Crippen LogP) is 9.73. The summed E-state index contributed by atoms with van der Waals surface area (Å²) < 4.78 is 32.6. The Morgan fingerprint density at radius 1 is 0.600 bits per heavy atom. The van der Waals surface area contributed by atoms with Crippen molar-refractivity contribution in [3.8, 4) is 0 Å². The molecule has 0 amide bonds. The number of aliphatic carboxylic acids is 1. The number of phosphoric ester groups is 1. The molecule has 0 saturated heterocycles. The third-order valence-electron chi connectivity index (χ3n) is 8.51. The number of nitrogens with two attached hydrogens (primary N) is 1. The summed E-state index contributed by atoms with van der Waals surface area (Å²) in [4.78, 5) is 45.7. The molecule has 0 radical (unpaired) electrons. The van der Waals surface area contributed by atoms with E-state index in [0.717, 1.165) is 57.8 Å². The molecule has 0 aromatic heterocycles. The third kappa shape index (κ3) is 33.4. The van der Waals surface area contributed by atoms with E-state index in [9.17, 15) is 23.8 Å². The first-order valence-electron chi connectivity index (χ1n) is 19.7. The van der Waals surface area contributed by atoms with E-state index < -0.39 is 51.1 Å². The SMILES string of the molecule is CCCCCCCC/C=C\CCCCCCCC(=O)O[C@H](COC(=O)CCCCCCCCCCCCC)COP(=O)(O)OC[C@H](N)C(=O)O. The number of carbonyl (C=O) groups is 3.